The summed E-state index contributed by atoms with van der Waals surface area (Å²) in [6, 6.07) is 8.84. The number of nitrogens with one attached hydrogen (secondary N) is 1. The van der Waals surface area contributed by atoms with Crippen LogP contribution in [0.1, 0.15) is 12.1 Å². The van der Waals surface area contributed by atoms with Crippen molar-refractivity contribution in [1.29, 1.82) is 0 Å². The average Bonchev–Trinajstić information content (AvgIpc) is 2.50. The number of rotatable bonds is 6. The maximum atomic E-state index is 11.9. The second-order valence-corrected chi connectivity index (χ2v) is 6.74. The van der Waals surface area contributed by atoms with Crippen molar-refractivity contribution < 1.29 is 4.79 Å². The molecule has 1 amide bonds. The molecule has 1 heterocycles. The lowest BCUT2D eigenvalue weighted by Gasteiger charge is -2.08. The second-order valence-electron chi connectivity index (χ2n) is 4.42. The normalized spacial score (nSPS) is 10.5. The standard InChI is InChI=1S/C15H13Cl3N2OS/c16-11-7-13(18)14(8-12(11)17)20-15(21)4-6-22-9-10-3-1-2-5-19-10/h1-3,5,7-8H,4,6,9H2,(H,20,21). The smallest absolute Gasteiger partial charge is 0.225 e. The third-order valence-electron chi connectivity index (χ3n) is 2.73. The van der Waals surface area contributed by atoms with Gasteiger partial charge in [0.1, 0.15) is 0 Å². The van der Waals surface area contributed by atoms with Crippen LogP contribution in [0.3, 0.4) is 0 Å². The summed E-state index contributed by atoms with van der Waals surface area (Å²) in [6.45, 7) is 0. The van der Waals surface area contributed by atoms with Crippen LogP contribution in [0.2, 0.25) is 15.1 Å². The molecule has 7 heteroatoms. The molecular formula is C15H13Cl3N2OS. The summed E-state index contributed by atoms with van der Waals surface area (Å²) in [5, 5.41) is 3.81. The minimum absolute atomic E-state index is 0.117. The van der Waals surface area contributed by atoms with Gasteiger partial charge >= 0.3 is 0 Å². The molecule has 0 saturated heterocycles. The van der Waals surface area contributed by atoms with E-state index in [0.29, 0.717) is 32.9 Å². The first-order valence-electron chi connectivity index (χ1n) is 6.48. The Labute approximate surface area is 148 Å². The summed E-state index contributed by atoms with van der Waals surface area (Å²) in [7, 11) is 0. The summed E-state index contributed by atoms with van der Waals surface area (Å²) in [5.41, 5.74) is 1.47. The van der Waals surface area contributed by atoms with E-state index >= 15 is 0 Å². The van der Waals surface area contributed by atoms with E-state index in [1.165, 1.54) is 6.07 Å². The molecule has 0 bridgehead atoms. The molecule has 22 heavy (non-hydrogen) atoms. The first kappa shape index (κ1) is 17.4. The zero-order valence-corrected chi connectivity index (χ0v) is 14.6. The van der Waals surface area contributed by atoms with Crippen molar-refractivity contribution in [2.24, 2.45) is 0 Å². The van der Waals surface area contributed by atoms with Crippen LogP contribution in [0, 0.1) is 0 Å². The van der Waals surface area contributed by atoms with Crippen LogP contribution >= 0.6 is 46.6 Å². The lowest BCUT2D eigenvalue weighted by molar-refractivity contribution is -0.115. The fourth-order valence-electron chi connectivity index (χ4n) is 1.66. The number of amides is 1. The Hall–Kier alpha value is -0.940. The summed E-state index contributed by atoms with van der Waals surface area (Å²) in [4.78, 5) is 16.1. The Morgan fingerprint density at radius 2 is 1.91 bits per heavy atom. The van der Waals surface area contributed by atoms with Crippen LogP contribution in [0.4, 0.5) is 5.69 Å². The number of thioether (sulfide) groups is 1. The molecule has 0 saturated carbocycles. The van der Waals surface area contributed by atoms with Crippen molar-refractivity contribution in [3.05, 3.63) is 57.3 Å². The van der Waals surface area contributed by atoms with Gasteiger partial charge in [0, 0.05) is 24.1 Å². The highest BCUT2D eigenvalue weighted by molar-refractivity contribution is 7.98. The van der Waals surface area contributed by atoms with Gasteiger partial charge in [0.05, 0.1) is 26.4 Å². The van der Waals surface area contributed by atoms with Gasteiger partial charge in [0.25, 0.3) is 0 Å². The van der Waals surface area contributed by atoms with Gasteiger partial charge in [-0.05, 0) is 24.3 Å². The predicted octanol–water partition coefficient (Wildman–Crippen LogP) is 5.30. The molecular weight excluding hydrogens is 363 g/mol. The number of carbonyl (C=O) groups is 1. The fraction of sp³-hybridized carbons (Fsp3) is 0.200. The zero-order valence-electron chi connectivity index (χ0n) is 11.5. The molecule has 1 aromatic heterocycles. The van der Waals surface area contributed by atoms with Crippen LogP contribution in [-0.4, -0.2) is 16.6 Å². The number of hydrogen-bond acceptors (Lipinski definition) is 3. The first-order chi connectivity index (χ1) is 10.6. The van der Waals surface area contributed by atoms with Crippen LogP contribution in [0.25, 0.3) is 0 Å². The number of aromatic nitrogens is 1. The topological polar surface area (TPSA) is 42.0 Å². The molecule has 0 fully saturated rings. The van der Waals surface area contributed by atoms with E-state index in [1.54, 1.807) is 24.0 Å². The van der Waals surface area contributed by atoms with Gasteiger partial charge in [-0.3, -0.25) is 9.78 Å². The van der Waals surface area contributed by atoms with E-state index in [-0.39, 0.29) is 5.91 Å². The number of pyridine rings is 1. The van der Waals surface area contributed by atoms with Crippen molar-refractivity contribution in [2.45, 2.75) is 12.2 Å². The molecule has 1 N–H and O–H groups in total. The molecule has 0 spiro atoms. The number of halogens is 3. The Kier molecular flexibility index (Phi) is 6.83. The third-order valence-corrected chi connectivity index (χ3v) is 4.76. The second kappa shape index (κ2) is 8.63. The first-order valence-corrected chi connectivity index (χ1v) is 8.77. The minimum atomic E-state index is -0.117. The van der Waals surface area contributed by atoms with Crippen molar-refractivity contribution in [2.75, 3.05) is 11.1 Å². The Bertz CT molecular complexity index is 653. The maximum Gasteiger partial charge on any atom is 0.225 e. The van der Waals surface area contributed by atoms with Gasteiger partial charge in [-0.2, -0.15) is 11.8 Å². The van der Waals surface area contributed by atoms with Gasteiger partial charge in [-0.15, -0.1) is 0 Å². The van der Waals surface area contributed by atoms with Gasteiger partial charge in [-0.1, -0.05) is 40.9 Å². The number of hydrogen-bond donors (Lipinski definition) is 1. The van der Waals surface area contributed by atoms with Crippen molar-refractivity contribution in [1.82, 2.24) is 4.98 Å². The van der Waals surface area contributed by atoms with Gasteiger partial charge in [-0.25, -0.2) is 0 Å². The van der Waals surface area contributed by atoms with Crippen LogP contribution in [-0.2, 0) is 10.5 Å². The van der Waals surface area contributed by atoms with Crippen LogP contribution in [0.5, 0.6) is 0 Å². The van der Waals surface area contributed by atoms with Crippen molar-refractivity contribution in [3.63, 3.8) is 0 Å². The highest BCUT2D eigenvalue weighted by Crippen LogP contribution is 2.32. The largest absolute Gasteiger partial charge is 0.325 e. The van der Waals surface area contributed by atoms with Gasteiger partial charge < -0.3 is 5.32 Å². The Morgan fingerprint density at radius 1 is 1.14 bits per heavy atom. The Morgan fingerprint density at radius 3 is 2.64 bits per heavy atom. The molecule has 2 rings (SSSR count). The fourth-order valence-corrected chi connectivity index (χ4v) is 3.10. The summed E-state index contributed by atoms with van der Waals surface area (Å²) in [5.74, 6) is 1.36. The average molecular weight is 376 g/mol. The van der Waals surface area contributed by atoms with E-state index in [2.05, 4.69) is 10.3 Å². The lowest BCUT2D eigenvalue weighted by Crippen LogP contribution is -2.12. The lowest BCUT2D eigenvalue weighted by atomic mass is 10.3. The van der Waals surface area contributed by atoms with E-state index in [9.17, 15) is 4.79 Å². The van der Waals surface area contributed by atoms with Crippen molar-refractivity contribution >= 4 is 58.2 Å². The maximum absolute atomic E-state index is 11.9. The molecule has 0 atom stereocenters. The van der Waals surface area contributed by atoms with Gasteiger partial charge in [0.15, 0.2) is 0 Å². The predicted molar refractivity (Wildman–Crippen MR) is 95.1 cm³/mol. The van der Waals surface area contributed by atoms with Crippen LogP contribution in [0.15, 0.2) is 36.5 Å². The molecule has 0 aliphatic carbocycles. The third kappa shape index (κ3) is 5.36. The van der Waals surface area contributed by atoms with Crippen molar-refractivity contribution in [3.8, 4) is 0 Å². The number of anilines is 1. The summed E-state index contributed by atoms with van der Waals surface area (Å²) in [6.07, 6.45) is 2.14. The SMILES string of the molecule is O=C(CCSCc1ccccn1)Nc1cc(Cl)c(Cl)cc1Cl. The molecule has 3 nitrogen and oxygen atoms in total. The molecule has 0 aliphatic rings. The van der Waals surface area contributed by atoms with E-state index in [1.807, 2.05) is 18.2 Å². The monoisotopic (exact) mass is 374 g/mol. The molecule has 116 valence electrons. The number of carbonyl (C=O) groups excluding carboxylic acids is 1. The Balaban J connectivity index is 1.77. The van der Waals surface area contributed by atoms with Gasteiger partial charge in [0.2, 0.25) is 5.91 Å². The number of benzene rings is 1. The summed E-state index contributed by atoms with van der Waals surface area (Å²) < 4.78 is 0. The highest BCUT2D eigenvalue weighted by Gasteiger charge is 2.09. The minimum Gasteiger partial charge on any atom is -0.325 e. The van der Waals surface area contributed by atoms with Crippen LogP contribution < -0.4 is 5.32 Å². The van der Waals surface area contributed by atoms with E-state index in [0.717, 1.165) is 11.4 Å². The number of nitrogens with zero attached hydrogens (tertiary/aromatic N) is 1. The molecule has 0 radical (unpaired) electrons. The molecule has 1 aromatic carbocycles. The zero-order chi connectivity index (χ0) is 15.9. The summed E-state index contributed by atoms with van der Waals surface area (Å²) >= 11 is 19.4. The molecule has 0 aliphatic heterocycles. The highest BCUT2D eigenvalue weighted by atomic mass is 35.5. The quantitative estimate of drug-likeness (QED) is 0.550. The molecule has 2 aromatic rings. The molecule has 0 unspecified atom stereocenters. The van der Waals surface area contributed by atoms with E-state index < -0.39 is 0 Å². The van der Waals surface area contributed by atoms with E-state index in [4.69, 9.17) is 34.8 Å².